The van der Waals surface area contributed by atoms with Gasteiger partial charge in [0, 0.05) is 22.6 Å². The average molecular weight is 312 g/mol. The van der Waals surface area contributed by atoms with Gasteiger partial charge >= 0.3 is 0 Å². The fraction of sp³-hybridized carbons (Fsp3) is 0.250. The number of benzene rings is 2. The summed E-state index contributed by atoms with van der Waals surface area (Å²) >= 11 is 12.1. The highest BCUT2D eigenvalue weighted by atomic mass is 35.5. The summed E-state index contributed by atoms with van der Waals surface area (Å²) in [6, 6.07) is 10.6. The first-order chi connectivity index (χ1) is 9.45. The lowest BCUT2D eigenvalue weighted by Gasteiger charge is -2.11. The fourth-order valence-corrected chi connectivity index (χ4v) is 2.37. The molecule has 0 atom stereocenters. The summed E-state index contributed by atoms with van der Waals surface area (Å²) in [6.45, 7) is 4.87. The third-order valence-electron chi connectivity index (χ3n) is 2.95. The van der Waals surface area contributed by atoms with Gasteiger partial charge in [-0.3, -0.25) is 0 Å². The number of hydrogen-bond acceptors (Lipinski definition) is 1. The van der Waals surface area contributed by atoms with Gasteiger partial charge in [0.05, 0.1) is 0 Å². The van der Waals surface area contributed by atoms with Crippen molar-refractivity contribution in [1.82, 2.24) is 5.32 Å². The van der Waals surface area contributed by atoms with Gasteiger partial charge in [0.2, 0.25) is 0 Å². The van der Waals surface area contributed by atoms with Crippen LogP contribution in [0.25, 0.3) is 11.1 Å². The van der Waals surface area contributed by atoms with Crippen LogP contribution in [-0.4, -0.2) is 6.04 Å². The molecule has 0 aliphatic heterocycles. The van der Waals surface area contributed by atoms with Crippen molar-refractivity contribution in [3.63, 3.8) is 0 Å². The van der Waals surface area contributed by atoms with Crippen LogP contribution >= 0.6 is 23.2 Å². The number of rotatable bonds is 4. The van der Waals surface area contributed by atoms with E-state index in [1.165, 1.54) is 12.1 Å². The minimum absolute atomic E-state index is 0.353. The molecule has 4 heteroatoms. The summed E-state index contributed by atoms with van der Waals surface area (Å²) in [5, 5.41) is 4.35. The number of nitrogens with one attached hydrogen (secondary N) is 1. The van der Waals surface area contributed by atoms with Crippen LogP contribution in [0.15, 0.2) is 36.4 Å². The van der Waals surface area contributed by atoms with Crippen LogP contribution < -0.4 is 5.32 Å². The lowest BCUT2D eigenvalue weighted by atomic mass is 10.0. The SMILES string of the molecule is CC(C)NCc1ccc(-c2cc(F)cc(Cl)c2)cc1Cl. The van der Waals surface area contributed by atoms with Gasteiger partial charge in [0.1, 0.15) is 5.82 Å². The summed E-state index contributed by atoms with van der Waals surface area (Å²) in [5.41, 5.74) is 2.59. The van der Waals surface area contributed by atoms with Crippen molar-refractivity contribution < 1.29 is 4.39 Å². The van der Waals surface area contributed by atoms with Gasteiger partial charge in [0.15, 0.2) is 0 Å². The van der Waals surface area contributed by atoms with E-state index in [0.717, 1.165) is 16.7 Å². The molecule has 0 saturated heterocycles. The van der Waals surface area contributed by atoms with E-state index in [1.54, 1.807) is 6.07 Å². The van der Waals surface area contributed by atoms with Crippen LogP contribution in [0, 0.1) is 5.82 Å². The van der Waals surface area contributed by atoms with E-state index < -0.39 is 0 Å². The molecule has 0 amide bonds. The highest BCUT2D eigenvalue weighted by Crippen LogP contribution is 2.28. The first-order valence-electron chi connectivity index (χ1n) is 6.44. The minimum atomic E-state index is -0.353. The monoisotopic (exact) mass is 311 g/mol. The summed E-state index contributed by atoms with van der Waals surface area (Å²) in [4.78, 5) is 0. The van der Waals surface area contributed by atoms with Gasteiger partial charge in [0.25, 0.3) is 0 Å². The molecular weight excluding hydrogens is 296 g/mol. The Bertz CT molecular complexity index is 591. The topological polar surface area (TPSA) is 12.0 Å². The predicted molar refractivity (Wildman–Crippen MR) is 83.8 cm³/mol. The molecular formula is C16H16Cl2FN. The molecule has 0 bridgehead atoms. The second-order valence-electron chi connectivity index (χ2n) is 5.00. The van der Waals surface area contributed by atoms with E-state index in [9.17, 15) is 4.39 Å². The van der Waals surface area contributed by atoms with Crippen LogP contribution in [0.3, 0.4) is 0 Å². The van der Waals surface area contributed by atoms with E-state index in [-0.39, 0.29) is 5.82 Å². The van der Waals surface area contributed by atoms with Crippen molar-refractivity contribution in [3.8, 4) is 11.1 Å². The van der Waals surface area contributed by atoms with Gasteiger partial charge in [-0.1, -0.05) is 49.2 Å². The Kier molecular flexibility index (Phi) is 5.03. The van der Waals surface area contributed by atoms with Crippen LogP contribution in [0.2, 0.25) is 10.0 Å². The Balaban J connectivity index is 2.28. The molecule has 0 aromatic heterocycles. The van der Waals surface area contributed by atoms with Crippen LogP contribution in [0.1, 0.15) is 19.4 Å². The minimum Gasteiger partial charge on any atom is -0.310 e. The van der Waals surface area contributed by atoms with Gasteiger partial charge in [-0.05, 0) is 41.0 Å². The zero-order valence-electron chi connectivity index (χ0n) is 11.4. The van der Waals surface area contributed by atoms with E-state index in [1.807, 2.05) is 18.2 Å². The first-order valence-corrected chi connectivity index (χ1v) is 7.19. The Morgan fingerprint density at radius 3 is 2.40 bits per heavy atom. The van der Waals surface area contributed by atoms with E-state index >= 15 is 0 Å². The molecule has 0 aliphatic rings. The second-order valence-corrected chi connectivity index (χ2v) is 5.84. The van der Waals surface area contributed by atoms with Crippen molar-refractivity contribution in [3.05, 3.63) is 57.8 Å². The van der Waals surface area contributed by atoms with Crippen molar-refractivity contribution >= 4 is 23.2 Å². The molecule has 1 nitrogen and oxygen atoms in total. The quantitative estimate of drug-likeness (QED) is 0.808. The molecule has 106 valence electrons. The molecule has 2 rings (SSSR count). The zero-order valence-corrected chi connectivity index (χ0v) is 12.9. The second kappa shape index (κ2) is 6.57. The van der Waals surface area contributed by atoms with Gasteiger partial charge < -0.3 is 5.32 Å². The molecule has 0 heterocycles. The number of halogens is 3. The summed E-state index contributed by atoms with van der Waals surface area (Å²) in [6.07, 6.45) is 0. The van der Waals surface area contributed by atoms with Crippen LogP contribution in [0.4, 0.5) is 4.39 Å². The fourth-order valence-electron chi connectivity index (χ4n) is 1.90. The first kappa shape index (κ1) is 15.3. The van der Waals surface area contributed by atoms with E-state index in [4.69, 9.17) is 23.2 Å². The van der Waals surface area contributed by atoms with Crippen molar-refractivity contribution in [2.24, 2.45) is 0 Å². The lowest BCUT2D eigenvalue weighted by Crippen LogP contribution is -2.21. The molecule has 0 fully saturated rings. The molecule has 0 saturated carbocycles. The van der Waals surface area contributed by atoms with Crippen molar-refractivity contribution in [1.29, 1.82) is 0 Å². The van der Waals surface area contributed by atoms with Gasteiger partial charge in [-0.15, -0.1) is 0 Å². The van der Waals surface area contributed by atoms with Gasteiger partial charge in [-0.25, -0.2) is 4.39 Å². The molecule has 0 unspecified atom stereocenters. The van der Waals surface area contributed by atoms with Crippen LogP contribution in [-0.2, 0) is 6.54 Å². The van der Waals surface area contributed by atoms with Crippen molar-refractivity contribution in [2.45, 2.75) is 26.4 Å². The Morgan fingerprint density at radius 2 is 1.80 bits per heavy atom. The summed E-state index contributed by atoms with van der Waals surface area (Å²) in [7, 11) is 0. The standard InChI is InChI=1S/C16H16Cl2FN/c1-10(2)20-9-12-4-3-11(7-16(12)18)13-5-14(17)8-15(19)6-13/h3-8,10,20H,9H2,1-2H3. The number of hydrogen-bond donors (Lipinski definition) is 1. The highest BCUT2D eigenvalue weighted by molar-refractivity contribution is 6.32. The molecule has 2 aromatic rings. The maximum Gasteiger partial charge on any atom is 0.125 e. The summed E-state index contributed by atoms with van der Waals surface area (Å²) in [5.74, 6) is -0.353. The largest absolute Gasteiger partial charge is 0.310 e. The average Bonchev–Trinajstić information content (AvgIpc) is 2.35. The normalized spacial score (nSPS) is 11.1. The maximum absolute atomic E-state index is 13.4. The molecule has 2 aromatic carbocycles. The lowest BCUT2D eigenvalue weighted by molar-refractivity contribution is 0.589. The highest BCUT2D eigenvalue weighted by Gasteiger charge is 2.06. The molecule has 0 spiro atoms. The van der Waals surface area contributed by atoms with E-state index in [0.29, 0.717) is 22.6 Å². The Hall–Kier alpha value is -1.09. The third-order valence-corrected chi connectivity index (χ3v) is 3.52. The third kappa shape index (κ3) is 3.95. The maximum atomic E-state index is 13.4. The smallest absolute Gasteiger partial charge is 0.125 e. The Morgan fingerprint density at radius 1 is 1.05 bits per heavy atom. The summed E-state index contributed by atoms with van der Waals surface area (Å²) < 4.78 is 13.4. The molecule has 0 aliphatic carbocycles. The zero-order chi connectivity index (χ0) is 14.7. The predicted octanol–water partition coefficient (Wildman–Crippen LogP) is 5.30. The van der Waals surface area contributed by atoms with Crippen LogP contribution in [0.5, 0.6) is 0 Å². The molecule has 20 heavy (non-hydrogen) atoms. The molecule has 0 radical (unpaired) electrons. The van der Waals surface area contributed by atoms with Crippen molar-refractivity contribution in [2.75, 3.05) is 0 Å². The van der Waals surface area contributed by atoms with Gasteiger partial charge in [-0.2, -0.15) is 0 Å². The van der Waals surface area contributed by atoms with E-state index in [2.05, 4.69) is 19.2 Å². The molecule has 1 N–H and O–H groups in total. The Labute approximate surface area is 128 Å².